The van der Waals surface area contributed by atoms with Crippen LogP contribution in [-0.2, 0) is 6.42 Å². The minimum absolute atomic E-state index is 0.358. The number of hydrogen-bond acceptors (Lipinski definition) is 2. The number of aromatic amines is 1. The average Bonchev–Trinajstić information content (AvgIpc) is 2.66. The summed E-state index contributed by atoms with van der Waals surface area (Å²) in [5.74, 6) is -2.86. The highest BCUT2D eigenvalue weighted by Gasteiger charge is 2.27. The number of halogens is 2. The summed E-state index contributed by atoms with van der Waals surface area (Å²) in [5.41, 5.74) is 6.20. The predicted molar refractivity (Wildman–Crippen MR) is 53.8 cm³/mol. The molecule has 3 nitrogen and oxygen atoms in total. The number of aromatic nitrogens is 2. The van der Waals surface area contributed by atoms with Gasteiger partial charge < -0.3 is 5.73 Å². The van der Waals surface area contributed by atoms with Crippen molar-refractivity contribution >= 4 is 10.9 Å². The van der Waals surface area contributed by atoms with E-state index in [1.165, 1.54) is 0 Å². The number of H-pyrrole nitrogens is 1. The summed E-state index contributed by atoms with van der Waals surface area (Å²) in [6.07, 6.45) is 1.25. The number of benzene rings is 1. The molecule has 0 spiro atoms. The van der Waals surface area contributed by atoms with Crippen LogP contribution in [0.25, 0.3) is 10.9 Å². The molecule has 0 radical (unpaired) electrons. The maximum absolute atomic E-state index is 13.1. The van der Waals surface area contributed by atoms with Crippen molar-refractivity contribution in [2.45, 2.75) is 12.3 Å². The molecule has 0 fully saturated rings. The lowest BCUT2D eigenvalue weighted by Crippen LogP contribution is -2.30. The smallest absolute Gasteiger partial charge is 0.264 e. The molecule has 5 heteroatoms. The van der Waals surface area contributed by atoms with Crippen molar-refractivity contribution in [2.24, 2.45) is 5.73 Å². The maximum atomic E-state index is 13.1. The molecule has 0 bridgehead atoms. The molecule has 80 valence electrons. The highest BCUT2D eigenvalue weighted by atomic mass is 19.3. The Morgan fingerprint density at radius 1 is 1.40 bits per heavy atom. The van der Waals surface area contributed by atoms with Gasteiger partial charge in [0.25, 0.3) is 5.92 Å². The molecule has 3 N–H and O–H groups in total. The average molecular weight is 211 g/mol. The maximum Gasteiger partial charge on any atom is 0.264 e. The molecule has 0 aliphatic carbocycles. The molecule has 1 aromatic heterocycles. The van der Waals surface area contributed by atoms with E-state index in [4.69, 9.17) is 5.73 Å². The van der Waals surface area contributed by atoms with Crippen molar-refractivity contribution in [3.63, 3.8) is 0 Å². The van der Waals surface area contributed by atoms with Gasteiger partial charge in [-0.05, 0) is 5.56 Å². The third-order valence-electron chi connectivity index (χ3n) is 2.31. The molecule has 1 aromatic carbocycles. The summed E-state index contributed by atoms with van der Waals surface area (Å²) in [6, 6.07) is 5.22. The monoisotopic (exact) mass is 211 g/mol. The number of fused-ring (bicyclic) bond motifs is 1. The zero-order valence-electron chi connectivity index (χ0n) is 8.00. The zero-order chi connectivity index (χ0) is 10.9. The Kier molecular flexibility index (Phi) is 2.40. The molecule has 0 saturated carbocycles. The van der Waals surface area contributed by atoms with Gasteiger partial charge in [0.05, 0.1) is 18.3 Å². The van der Waals surface area contributed by atoms with Gasteiger partial charge in [0.15, 0.2) is 0 Å². The standard InChI is InChI=1S/C10H11F2N3/c11-10(12,6-13)4-7-2-1-3-8-5-14-15-9(7)8/h1-3,5H,4,6,13H2,(H,14,15). The summed E-state index contributed by atoms with van der Waals surface area (Å²) in [6.45, 7) is -0.641. The Morgan fingerprint density at radius 3 is 2.93 bits per heavy atom. The van der Waals surface area contributed by atoms with Gasteiger partial charge in [0, 0.05) is 11.8 Å². The second-order valence-corrected chi connectivity index (χ2v) is 3.49. The molecular formula is C10H11F2N3. The van der Waals surface area contributed by atoms with E-state index in [0.29, 0.717) is 11.1 Å². The first-order chi connectivity index (χ1) is 7.12. The summed E-state index contributed by atoms with van der Waals surface area (Å²) < 4.78 is 26.2. The topological polar surface area (TPSA) is 54.7 Å². The van der Waals surface area contributed by atoms with E-state index >= 15 is 0 Å². The first-order valence-corrected chi connectivity index (χ1v) is 4.61. The SMILES string of the molecule is NCC(F)(F)Cc1cccc2cn[nH]c12. The van der Waals surface area contributed by atoms with Crippen LogP contribution < -0.4 is 5.73 Å². The van der Waals surface area contributed by atoms with E-state index in [2.05, 4.69) is 10.2 Å². The van der Waals surface area contributed by atoms with Gasteiger partial charge in [-0.2, -0.15) is 5.10 Å². The van der Waals surface area contributed by atoms with Crippen LogP contribution in [-0.4, -0.2) is 22.7 Å². The molecule has 2 rings (SSSR count). The summed E-state index contributed by atoms with van der Waals surface area (Å²) in [5, 5.41) is 7.36. The first-order valence-electron chi connectivity index (χ1n) is 4.61. The zero-order valence-corrected chi connectivity index (χ0v) is 8.00. The molecule has 2 aromatic rings. The van der Waals surface area contributed by atoms with E-state index in [1.54, 1.807) is 18.3 Å². The van der Waals surface area contributed by atoms with E-state index in [1.807, 2.05) is 6.07 Å². The Bertz CT molecular complexity index is 464. The predicted octanol–water partition coefficient (Wildman–Crippen LogP) is 1.70. The lowest BCUT2D eigenvalue weighted by atomic mass is 10.0. The summed E-state index contributed by atoms with van der Waals surface area (Å²) >= 11 is 0. The molecular weight excluding hydrogens is 200 g/mol. The largest absolute Gasteiger partial charge is 0.325 e. The van der Waals surface area contributed by atoms with Gasteiger partial charge in [-0.25, -0.2) is 8.78 Å². The van der Waals surface area contributed by atoms with Crippen molar-refractivity contribution < 1.29 is 8.78 Å². The Morgan fingerprint density at radius 2 is 2.20 bits per heavy atom. The van der Waals surface area contributed by atoms with Crippen molar-refractivity contribution in [2.75, 3.05) is 6.54 Å². The van der Waals surface area contributed by atoms with Gasteiger partial charge in [0.2, 0.25) is 0 Å². The van der Waals surface area contributed by atoms with Crippen LogP contribution in [0.15, 0.2) is 24.4 Å². The van der Waals surface area contributed by atoms with Crippen LogP contribution in [0.5, 0.6) is 0 Å². The fourth-order valence-electron chi connectivity index (χ4n) is 1.53. The molecule has 0 unspecified atom stereocenters. The molecule has 0 saturated heterocycles. The van der Waals surface area contributed by atoms with Crippen LogP contribution in [0, 0.1) is 0 Å². The molecule has 0 aliphatic heterocycles. The number of nitrogens with two attached hydrogens (primary N) is 1. The van der Waals surface area contributed by atoms with Gasteiger partial charge >= 0.3 is 0 Å². The van der Waals surface area contributed by atoms with Crippen LogP contribution in [0.2, 0.25) is 0 Å². The van der Waals surface area contributed by atoms with Crippen LogP contribution >= 0.6 is 0 Å². The van der Waals surface area contributed by atoms with Crippen LogP contribution in [0.3, 0.4) is 0 Å². The van der Waals surface area contributed by atoms with Crippen molar-refractivity contribution in [1.29, 1.82) is 0 Å². The van der Waals surface area contributed by atoms with Crippen LogP contribution in [0.1, 0.15) is 5.56 Å². The minimum Gasteiger partial charge on any atom is -0.325 e. The van der Waals surface area contributed by atoms with Gasteiger partial charge in [-0.1, -0.05) is 18.2 Å². The van der Waals surface area contributed by atoms with E-state index in [-0.39, 0.29) is 6.42 Å². The fourth-order valence-corrected chi connectivity index (χ4v) is 1.53. The van der Waals surface area contributed by atoms with E-state index in [0.717, 1.165) is 5.39 Å². The first kappa shape index (κ1) is 10.0. The Labute approximate surface area is 85.3 Å². The quantitative estimate of drug-likeness (QED) is 0.811. The number of alkyl halides is 2. The number of para-hydroxylation sites is 1. The second kappa shape index (κ2) is 3.58. The molecule has 15 heavy (non-hydrogen) atoms. The molecule has 1 heterocycles. The van der Waals surface area contributed by atoms with Crippen LogP contribution in [0.4, 0.5) is 8.78 Å². The highest BCUT2D eigenvalue weighted by Crippen LogP contribution is 2.23. The van der Waals surface area contributed by atoms with Crippen molar-refractivity contribution in [1.82, 2.24) is 10.2 Å². The van der Waals surface area contributed by atoms with Gasteiger partial charge in [-0.3, -0.25) is 5.10 Å². The van der Waals surface area contributed by atoms with E-state index < -0.39 is 12.5 Å². The number of hydrogen-bond donors (Lipinski definition) is 2. The fraction of sp³-hybridized carbons (Fsp3) is 0.300. The number of nitrogens with zero attached hydrogens (tertiary/aromatic N) is 1. The lowest BCUT2D eigenvalue weighted by molar-refractivity contribution is 0.0118. The number of nitrogens with one attached hydrogen (secondary N) is 1. The summed E-state index contributed by atoms with van der Waals surface area (Å²) in [7, 11) is 0. The minimum atomic E-state index is -2.86. The lowest BCUT2D eigenvalue weighted by Gasteiger charge is -2.13. The highest BCUT2D eigenvalue weighted by molar-refractivity contribution is 5.81. The Balaban J connectivity index is 2.39. The van der Waals surface area contributed by atoms with E-state index in [9.17, 15) is 8.78 Å². The van der Waals surface area contributed by atoms with Crippen molar-refractivity contribution in [3.05, 3.63) is 30.0 Å². The second-order valence-electron chi connectivity index (χ2n) is 3.49. The normalized spacial score (nSPS) is 12.2. The molecule has 0 aliphatic rings. The molecule has 0 amide bonds. The Hall–Kier alpha value is -1.49. The van der Waals surface area contributed by atoms with Gasteiger partial charge in [-0.15, -0.1) is 0 Å². The third-order valence-corrected chi connectivity index (χ3v) is 2.31. The molecule has 0 atom stereocenters. The third kappa shape index (κ3) is 1.97. The van der Waals surface area contributed by atoms with Crippen molar-refractivity contribution in [3.8, 4) is 0 Å². The van der Waals surface area contributed by atoms with Gasteiger partial charge in [0.1, 0.15) is 0 Å². The number of rotatable bonds is 3. The summed E-state index contributed by atoms with van der Waals surface area (Å²) in [4.78, 5) is 0.